The van der Waals surface area contributed by atoms with E-state index in [2.05, 4.69) is 5.32 Å². The molecule has 0 bridgehead atoms. The minimum Gasteiger partial charge on any atom is -0.360 e. The lowest BCUT2D eigenvalue weighted by molar-refractivity contribution is -0.384. The van der Waals surface area contributed by atoms with E-state index in [1.165, 1.54) is 61.3 Å². The van der Waals surface area contributed by atoms with Crippen LogP contribution in [0.15, 0.2) is 42.5 Å². The van der Waals surface area contributed by atoms with Crippen molar-refractivity contribution in [2.75, 3.05) is 23.8 Å². The van der Waals surface area contributed by atoms with Crippen molar-refractivity contribution in [3.63, 3.8) is 0 Å². The summed E-state index contributed by atoms with van der Waals surface area (Å²) in [7, 11) is 1.51. The summed E-state index contributed by atoms with van der Waals surface area (Å²) in [4.78, 5) is 35.5. The Morgan fingerprint density at radius 2 is 1.96 bits per heavy atom. The van der Waals surface area contributed by atoms with Gasteiger partial charge in [0, 0.05) is 24.4 Å². The number of benzene rings is 2. The number of likely N-dealkylation sites (N-methyl/N-ethyl adjacent to an activating group) is 1. The number of hydrogen-bond donors (Lipinski definition) is 1. The number of carbonyl (C=O) groups excluding carboxylic acids is 2. The summed E-state index contributed by atoms with van der Waals surface area (Å²) in [5, 5.41) is 13.8. The molecule has 0 aliphatic carbocycles. The third-order valence-electron chi connectivity index (χ3n) is 3.48. The molecule has 25 heavy (non-hydrogen) atoms. The minimum atomic E-state index is -0.608. The van der Waals surface area contributed by atoms with E-state index in [1.807, 2.05) is 0 Å². The van der Waals surface area contributed by atoms with Gasteiger partial charge in [0.25, 0.3) is 5.69 Å². The highest BCUT2D eigenvalue weighted by Gasteiger charge is 2.20. The van der Waals surface area contributed by atoms with Crippen molar-refractivity contribution in [3.8, 4) is 0 Å². The van der Waals surface area contributed by atoms with Crippen molar-refractivity contribution in [2.24, 2.45) is 0 Å². The molecule has 0 heterocycles. The molecule has 0 fully saturated rings. The van der Waals surface area contributed by atoms with E-state index >= 15 is 0 Å². The van der Waals surface area contributed by atoms with Crippen LogP contribution < -0.4 is 10.2 Å². The van der Waals surface area contributed by atoms with Gasteiger partial charge in [-0.3, -0.25) is 19.7 Å². The zero-order valence-corrected chi connectivity index (χ0v) is 13.7. The van der Waals surface area contributed by atoms with Gasteiger partial charge in [0.15, 0.2) is 5.78 Å². The lowest BCUT2D eigenvalue weighted by Crippen LogP contribution is -2.30. The second-order valence-corrected chi connectivity index (χ2v) is 5.43. The van der Waals surface area contributed by atoms with Crippen molar-refractivity contribution < 1.29 is 18.9 Å². The van der Waals surface area contributed by atoms with Gasteiger partial charge in [-0.25, -0.2) is 4.39 Å². The first-order chi connectivity index (χ1) is 11.8. The summed E-state index contributed by atoms with van der Waals surface area (Å²) in [5.74, 6) is -1.24. The number of Topliss-reactive ketones (excluding diaryl/α,β-unsaturated/α-hetero) is 1. The van der Waals surface area contributed by atoms with Crippen molar-refractivity contribution in [1.29, 1.82) is 0 Å². The molecule has 1 amide bonds. The molecule has 2 rings (SSSR count). The van der Waals surface area contributed by atoms with Crippen LogP contribution in [0.3, 0.4) is 0 Å². The number of carbonyl (C=O) groups is 2. The molecule has 0 aliphatic rings. The van der Waals surface area contributed by atoms with Crippen molar-refractivity contribution in [3.05, 3.63) is 64.0 Å². The Bertz CT molecular complexity index is 838. The van der Waals surface area contributed by atoms with Gasteiger partial charge in [-0.05, 0) is 37.3 Å². The summed E-state index contributed by atoms with van der Waals surface area (Å²) in [6.45, 7) is 1.13. The first-order valence-electron chi connectivity index (χ1n) is 7.34. The molecule has 2 aromatic carbocycles. The van der Waals surface area contributed by atoms with Crippen LogP contribution in [0.25, 0.3) is 0 Å². The van der Waals surface area contributed by atoms with Crippen LogP contribution in [0, 0.1) is 15.9 Å². The summed E-state index contributed by atoms with van der Waals surface area (Å²) >= 11 is 0. The molecule has 0 saturated carbocycles. The largest absolute Gasteiger partial charge is 0.360 e. The van der Waals surface area contributed by atoms with Crippen LogP contribution in [0.5, 0.6) is 0 Å². The van der Waals surface area contributed by atoms with Crippen molar-refractivity contribution >= 4 is 28.8 Å². The van der Waals surface area contributed by atoms with Gasteiger partial charge in [-0.2, -0.15) is 0 Å². The molecule has 8 heteroatoms. The Morgan fingerprint density at radius 1 is 1.24 bits per heavy atom. The second-order valence-electron chi connectivity index (χ2n) is 5.43. The van der Waals surface area contributed by atoms with Crippen molar-refractivity contribution in [1.82, 2.24) is 0 Å². The Kier molecular flexibility index (Phi) is 5.43. The fraction of sp³-hybridized carbons (Fsp3) is 0.176. The van der Waals surface area contributed by atoms with E-state index in [9.17, 15) is 24.1 Å². The molecule has 0 unspecified atom stereocenters. The van der Waals surface area contributed by atoms with Gasteiger partial charge in [-0.1, -0.05) is 6.07 Å². The monoisotopic (exact) mass is 345 g/mol. The highest BCUT2D eigenvalue weighted by Crippen LogP contribution is 2.28. The number of hydrogen-bond acceptors (Lipinski definition) is 5. The van der Waals surface area contributed by atoms with E-state index in [4.69, 9.17) is 0 Å². The number of nitrogens with zero attached hydrogens (tertiary/aromatic N) is 2. The van der Waals surface area contributed by atoms with E-state index in [1.54, 1.807) is 0 Å². The van der Waals surface area contributed by atoms with Crippen LogP contribution in [-0.4, -0.2) is 30.2 Å². The maximum Gasteiger partial charge on any atom is 0.293 e. The number of nitro groups is 1. The molecular formula is C17H16FN3O4. The first-order valence-corrected chi connectivity index (χ1v) is 7.34. The lowest BCUT2D eigenvalue weighted by atomic mass is 10.1. The van der Waals surface area contributed by atoms with Crippen LogP contribution in [0.2, 0.25) is 0 Å². The molecule has 0 aromatic heterocycles. The van der Waals surface area contributed by atoms with Gasteiger partial charge in [0.2, 0.25) is 5.91 Å². The Balaban J connectivity index is 2.17. The van der Waals surface area contributed by atoms with E-state index < -0.39 is 16.6 Å². The Morgan fingerprint density at radius 3 is 2.56 bits per heavy atom. The number of ketones is 1. The quantitative estimate of drug-likeness (QED) is 0.493. The molecule has 0 spiro atoms. The molecule has 0 atom stereocenters. The normalized spacial score (nSPS) is 10.2. The molecular weight excluding hydrogens is 329 g/mol. The van der Waals surface area contributed by atoms with Gasteiger partial charge in [-0.15, -0.1) is 0 Å². The standard InChI is InChI=1S/C17H16FN3O4/c1-11(22)12-6-7-15(16(8-12)21(24)25)20(2)10-17(23)19-14-5-3-4-13(18)9-14/h3-9H,10H2,1-2H3,(H,19,23). The zero-order valence-electron chi connectivity index (χ0n) is 13.7. The average Bonchev–Trinajstić information content (AvgIpc) is 2.53. The lowest BCUT2D eigenvalue weighted by Gasteiger charge is -2.19. The number of nitrogens with one attached hydrogen (secondary N) is 1. The van der Waals surface area contributed by atoms with Gasteiger partial charge in [0.05, 0.1) is 11.5 Å². The SMILES string of the molecule is CC(=O)c1ccc(N(C)CC(=O)Nc2cccc(F)c2)c([N+](=O)[O-])c1. The number of nitro benzene ring substituents is 1. The van der Waals surface area contributed by atoms with Crippen LogP contribution >= 0.6 is 0 Å². The molecule has 130 valence electrons. The van der Waals surface area contributed by atoms with E-state index in [0.717, 1.165) is 0 Å². The van der Waals surface area contributed by atoms with Gasteiger partial charge >= 0.3 is 0 Å². The summed E-state index contributed by atoms with van der Waals surface area (Å²) in [6, 6.07) is 9.48. The summed E-state index contributed by atoms with van der Waals surface area (Å²) in [5.41, 5.74) is 0.436. The van der Waals surface area contributed by atoms with Gasteiger partial charge in [0.1, 0.15) is 11.5 Å². The minimum absolute atomic E-state index is 0.184. The second kappa shape index (κ2) is 7.52. The average molecular weight is 345 g/mol. The Hall–Kier alpha value is -3.29. The highest BCUT2D eigenvalue weighted by molar-refractivity contribution is 5.97. The van der Waals surface area contributed by atoms with E-state index in [0.29, 0.717) is 5.69 Å². The highest BCUT2D eigenvalue weighted by atomic mass is 19.1. The number of rotatable bonds is 6. The fourth-order valence-corrected chi connectivity index (χ4v) is 2.28. The number of amides is 1. The van der Waals surface area contributed by atoms with E-state index in [-0.39, 0.29) is 29.3 Å². The topological polar surface area (TPSA) is 92.6 Å². The predicted octanol–water partition coefficient (Wildman–Crippen LogP) is 3.01. The van der Waals surface area contributed by atoms with Crippen molar-refractivity contribution in [2.45, 2.75) is 6.92 Å². The zero-order chi connectivity index (χ0) is 18.6. The third-order valence-corrected chi connectivity index (χ3v) is 3.48. The maximum atomic E-state index is 13.1. The maximum absolute atomic E-state index is 13.1. The van der Waals surface area contributed by atoms with Crippen LogP contribution in [-0.2, 0) is 4.79 Å². The summed E-state index contributed by atoms with van der Waals surface area (Å²) in [6.07, 6.45) is 0. The summed E-state index contributed by atoms with van der Waals surface area (Å²) < 4.78 is 13.1. The first kappa shape index (κ1) is 18.1. The molecule has 1 N–H and O–H groups in total. The molecule has 0 radical (unpaired) electrons. The number of anilines is 2. The predicted molar refractivity (Wildman–Crippen MR) is 91.4 cm³/mol. The van der Waals surface area contributed by atoms with Crippen LogP contribution in [0.4, 0.5) is 21.5 Å². The van der Waals surface area contributed by atoms with Crippen LogP contribution in [0.1, 0.15) is 17.3 Å². The molecule has 0 saturated heterocycles. The molecule has 0 aliphatic heterocycles. The third kappa shape index (κ3) is 4.60. The molecule has 2 aromatic rings. The fourth-order valence-electron chi connectivity index (χ4n) is 2.28. The Labute approximate surface area is 143 Å². The number of halogens is 1. The molecule has 7 nitrogen and oxygen atoms in total. The smallest absolute Gasteiger partial charge is 0.293 e. The van der Waals surface area contributed by atoms with Gasteiger partial charge < -0.3 is 10.2 Å².